The molecule has 1 aromatic heterocycles. The fourth-order valence-electron chi connectivity index (χ4n) is 3.63. The Morgan fingerprint density at radius 2 is 2.22 bits per heavy atom. The highest BCUT2D eigenvalue weighted by Crippen LogP contribution is 2.42. The van der Waals surface area contributed by atoms with Gasteiger partial charge in [-0.15, -0.1) is 0 Å². The average Bonchev–Trinajstić information content (AvgIpc) is 3.18. The molecule has 3 heterocycles. The minimum Gasteiger partial charge on any atom is -0.493 e. The van der Waals surface area contributed by atoms with E-state index in [0.29, 0.717) is 12.0 Å². The van der Waals surface area contributed by atoms with Gasteiger partial charge in [-0.05, 0) is 48.6 Å². The summed E-state index contributed by atoms with van der Waals surface area (Å²) in [6.07, 6.45) is 6.14. The third kappa shape index (κ3) is 3.67. The zero-order valence-corrected chi connectivity index (χ0v) is 16.3. The van der Waals surface area contributed by atoms with Gasteiger partial charge in [0.1, 0.15) is 12.2 Å². The molecule has 0 fully saturated rings. The van der Waals surface area contributed by atoms with Crippen molar-refractivity contribution >= 4 is 29.1 Å². The lowest BCUT2D eigenvalue weighted by atomic mass is 10.0. The van der Waals surface area contributed by atoms with Gasteiger partial charge < -0.3 is 19.1 Å². The smallest absolute Gasteiger partial charge is 0.339 e. The molecule has 0 saturated carbocycles. The number of carbonyl (C=O) groups excluding carboxylic acids is 1. The number of rotatable bonds is 3. The molecule has 2 aromatic rings. The maximum atomic E-state index is 12.4. The van der Waals surface area contributed by atoms with E-state index in [4.69, 9.17) is 14.2 Å². The molecule has 0 N–H and O–H groups in total. The van der Waals surface area contributed by atoms with Gasteiger partial charge in [0.2, 0.25) is 0 Å². The molecule has 0 spiro atoms. The lowest BCUT2D eigenvalue weighted by Gasteiger charge is -2.27. The molecule has 1 unspecified atom stereocenters. The fourth-order valence-corrected chi connectivity index (χ4v) is 4.25. The fraction of sp³-hybridized carbons (Fsp3) is 0.381. The van der Waals surface area contributed by atoms with Gasteiger partial charge in [-0.2, -0.15) is 11.3 Å². The van der Waals surface area contributed by atoms with Crippen LogP contribution in [0.15, 0.2) is 35.0 Å². The van der Waals surface area contributed by atoms with Gasteiger partial charge in [0, 0.05) is 36.6 Å². The van der Waals surface area contributed by atoms with E-state index in [0.717, 1.165) is 42.1 Å². The van der Waals surface area contributed by atoms with Crippen LogP contribution < -0.4 is 14.4 Å². The molecule has 4 rings (SSSR count). The van der Waals surface area contributed by atoms with Crippen molar-refractivity contribution in [3.8, 4) is 11.5 Å². The van der Waals surface area contributed by atoms with Crippen LogP contribution in [0.5, 0.6) is 11.5 Å². The number of hydrogen-bond donors (Lipinski definition) is 0. The van der Waals surface area contributed by atoms with Gasteiger partial charge in [-0.1, -0.05) is 0 Å². The van der Waals surface area contributed by atoms with E-state index in [-0.39, 0.29) is 18.2 Å². The number of benzene rings is 1. The molecule has 27 heavy (non-hydrogen) atoms. The van der Waals surface area contributed by atoms with Crippen molar-refractivity contribution in [2.24, 2.45) is 0 Å². The first-order valence-corrected chi connectivity index (χ1v) is 10.1. The first-order chi connectivity index (χ1) is 13.2. The second kappa shape index (κ2) is 7.64. The van der Waals surface area contributed by atoms with Crippen LogP contribution in [0.4, 0.5) is 5.69 Å². The van der Waals surface area contributed by atoms with Crippen LogP contribution in [-0.2, 0) is 4.74 Å². The second-order valence-electron chi connectivity index (χ2n) is 6.88. The molecule has 4 bridgehead atoms. The van der Waals surface area contributed by atoms with Crippen LogP contribution in [0.1, 0.15) is 35.2 Å². The Kier molecular flexibility index (Phi) is 5.07. The predicted molar refractivity (Wildman–Crippen MR) is 107 cm³/mol. The quantitative estimate of drug-likeness (QED) is 0.734. The molecule has 2 atom stereocenters. The number of ether oxygens (including phenoxy) is 3. The first-order valence-electron chi connectivity index (χ1n) is 9.16. The van der Waals surface area contributed by atoms with E-state index >= 15 is 0 Å². The van der Waals surface area contributed by atoms with E-state index < -0.39 is 0 Å². The average molecular weight is 385 g/mol. The number of anilines is 1. The summed E-state index contributed by atoms with van der Waals surface area (Å²) in [4.78, 5) is 14.6. The Morgan fingerprint density at radius 1 is 1.33 bits per heavy atom. The Hall–Kier alpha value is -2.47. The number of carbonyl (C=O) groups is 1. The summed E-state index contributed by atoms with van der Waals surface area (Å²) in [7, 11) is 3.75. The highest BCUT2D eigenvalue weighted by molar-refractivity contribution is 7.08. The molecule has 0 radical (unpaired) electrons. The van der Waals surface area contributed by atoms with Gasteiger partial charge in [0.05, 0.1) is 12.7 Å². The number of nitrogens with zero attached hydrogens (tertiary/aromatic N) is 1. The van der Waals surface area contributed by atoms with Crippen LogP contribution in [-0.4, -0.2) is 38.9 Å². The number of fused-ring (bicyclic) bond motifs is 1. The Morgan fingerprint density at radius 3 is 3.00 bits per heavy atom. The van der Waals surface area contributed by atoms with Crippen LogP contribution >= 0.6 is 11.3 Å². The van der Waals surface area contributed by atoms with Crippen LogP contribution in [0.2, 0.25) is 0 Å². The number of esters is 1. The van der Waals surface area contributed by atoms with Crippen LogP contribution in [0.3, 0.4) is 0 Å². The zero-order chi connectivity index (χ0) is 18.8. The molecule has 6 heteroatoms. The third-order valence-electron chi connectivity index (χ3n) is 5.06. The van der Waals surface area contributed by atoms with Gasteiger partial charge in [0.15, 0.2) is 11.5 Å². The van der Waals surface area contributed by atoms with E-state index in [2.05, 4.69) is 18.0 Å². The van der Waals surface area contributed by atoms with Crippen LogP contribution in [0.25, 0.3) is 6.08 Å². The van der Waals surface area contributed by atoms with Crippen molar-refractivity contribution in [2.45, 2.75) is 31.5 Å². The lowest BCUT2D eigenvalue weighted by Crippen LogP contribution is -2.27. The van der Waals surface area contributed by atoms with Crippen molar-refractivity contribution in [2.75, 3.05) is 25.6 Å². The summed E-state index contributed by atoms with van der Waals surface area (Å²) in [5, 5.41) is 3.69. The van der Waals surface area contributed by atoms with E-state index in [1.807, 2.05) is 29.0 Å². The SMILES string of the molecule is COc1ccc2c3c1OC(CCCN2C)C[C@@H](OC(=O)c1ccsc1)/C=C\3. The Balaban J connectivity index is 1.70. The van der Waals surface area contributed by atoms with Crippen molar-refractivity contribution in [3.05, 3.63) is 46.2 Å². The first kappa shape index (κ1) is 17.9. The van der Waals surface area contributed by atoms with Crippen molar-refractivity contribution in [3.63, 3.8) is 0 Å². The molecule has 2 aliphatic heterocycles. The lowest BCUT2D eigenvalue weighted by molar-refractivity contribution is 0.0285. The third-order valence-corrected chi connectivity index (χ3v) is 5.74. The molecule has 2 aliphatic rings. The van der Waals surface area contributed by atoms with Gasteiger partial charge in [-0.3, -0.25) is 0 Å². The molecule has 0 amide bonds. The predicted octanol–water partition coefficient (Wildman–Crippen LogP) is 4.38. The van der Waals surface area contributed by atoms with Gasteiger partial charge in [-0.25, -0.2) is 4.79 Å². The standard InChI is InChI=1S/C21H23NO4S/c1-22-10-3-4-15-12-16(26-21(23)14-9-11-27-13-14)5-6-17-18(22)7-8-19(24-2)20(17)25-15/h5-9,11,13,15-16H,3-4,10,12H2,1-2H3/b6-5-/t15?,16-/m0/s1. The summed E-state index contributed by atoms with van der Waals surface area (Å²) in [5.41, 5.74) is 2.66. The zero-order valence-electron chi connectivity index (χ0n) is 15.5. The topological polar surface area (TPSA) is 48.0 Å². The maximum absolute atomic E-state index is 12.4. The minimum atomic E-state index is -0.321. The summed E-state index contributed by atoms with van der Waals surface area (Å²) >= 11 is 1.49. The van der Waals surface area contributed by atoms with Crippen molar-refractivity contribution < 1.29 is 19.0 Å². The molecular weight excluding hydrogens is 362 g/mol. The molecule has 0 saturated heterocycles. The number of thiophene rings is 1. The van der Waals surface area contributed by atoms with Gasteiger partial charge in [0.25, 0.3) is 0 Å². The second-order valence-corrected chi connectivity index (χ2v) is 7.66. The molecule has 0 aliphatic carbocycles. The summed E-state index contributed by atoms with van der Waals surface area (Å²) in [6.45, 7) is 0.950. The van der Waals surface area contributed by atoms with Gasteiger partial charge >= 0.3 is 5.97 Å². The largest absolute Gasteiger partial charge is 0.493 e. The highest BCUT2D eigenvalue weighted by atomic mass is 32.1. The molecule has 142 valence electrons. The number of hydrogen-bond acceptors (Lipinski definition) is 6. The highest BCUT2D eigenvalue weighted by Gasteiger charge is 2.28. The number of methoxy groups -OCH3 is 1. The Bertz CT molecular complexity index is 846. The molecule has 1 aromatic carbocycles. The normalized spacial score (nSPS) is 22.5. The molecule has 5 nitrogen and oxygen atoms in total. The van der Waals surface area contributed by atoms with Crippen LogP contribution in [0, 0.1) is 0 Å². The minimum absolute atomic E-state index is 0.0374. The van der Waals surface area contributed by atoms with E-state index in [1.165, 1.54) is 11.3 Å². The van der Waals surface area contributed by atoms with Crippen molar-refractivity contribution in [1.29, 1.82) is 0 Å². The summed E-state index contributed by atoms with van der Waals surface area (Å²) < 4.78 is 17.7. The van der Waals surface area contributed by atoms with E-state index in [9.17, 15) is 4.79 Å². The van der Waals surface area contributed by atoms with Crippen molar-refractivity contribution in [1.82, 2.24) is 0 Å². The monoisotopic (exact) mass is 385 g/mol. The summed E-state index contributed by atoms with van der Waals surface area (Å²) in [6, 6.07) is 5.80. The summed E-state index contributed by atoms with van der Waals surface area (Å²) in [5.74, 6) is 1.21. The Labute approximate surface area is 163 Å². The maximum Gasteiger partial charge on any atom is 0.339 e. The molecular formula is C21H23NO4S. The van der Waals surface area contributed by atoms with E-state index in [1.54, 1.807) is 13.2 Å².